The first-order valence-corrected chi connectivity index (χ1v) is 9.08. The van der Waals surface area contributed by atoms with Gasteiger partial charge in [0, 0.05) is 38.7 Å². The fourth-order valence-corrected chi connectivity index (χ4v) is 3.81. The van der Waals surface area contributed by atoms with E-state index in [1.807, 2.05) is 0 Å². The van der Waals surface area contributed by atoms with Crippen LogP contribution in [0.2, 0.25) is 0 Å². The molecule has 3 N–H and O–H groups in total. The Morgan fingerprint density at radius 2 is 2.15 bits per heavy atom. The molecule has 27 heavy (non-hydrogen) atoms. The van der Waals surface area contributed by atoms with E-state index in [0.29, 0.717) is 13.0 Å². The summed E-state index contributed by atoms with van der Waals surface area (Å²) in [6.45, 7) is 3.91. The molecule has 2 atom stereocenters. The first kappa shape index (κ1) is 21.9. The van der Waals surface area contributed by atoms with E-state index in [1.165, 1.54) is 12.1 Å². The topological polar surface area (TPSA) is 79.9 Å². The summed E-state index contributed by atoms with van der Waals surface area (Å²) in [4.78, 5) is 18.4. The molecule has 1 aromatic rings. The maximum absolute atomic E-state index is 13.0. The largest absolute Gasteiger partial charge is 0.381 e. The molecule has 0 aromatic heterocycles. The second-order valence-electron chi connectivity index (χ2n) is 7.33. The lowest BCUT2D eigenvalue weighted by molar-refractivity contribution is -0.121. The average Bonchev–Trinajstić information content (AvgIpc) is 3.26. The number of amides is 1. The summed E-state index contributed by atoms with van der Waals surface area (Å²) in [5, 5.41) is 3.29. The van der Waals surface area contributed by atoms with Gasteiger partial charge in [-0.05, 0) is 37.0 Å². The normalized spacial score (nSPS) is 23.3. The summed E-state index contributed by atoms with van der Waals surface area (Å²) in [5.41, 5.74) is 6.70. The SMILES string of the molecule is CN=C(NCC(Cc1ccc(F)cc1)C(N)=O)N1CCC2(CCOC2)C1.I. The zero-order chi connectivity index (χ0) is 18.6. The average molecular weight is 490 g/mol. The van der Waals surface area contributed by atoms with Crippen LogP contribution in [0.1, 0.15) is 18.4 Å². The van der Waals surface area contributed by atoms with E-state index in [-0.39, 0.29) is 47.0 Å². The van der Waals surface area contributed by atoms with Crippen molar-refractivity contribution in [3.8, 4) is 0 Å². The predicted molar refractivity (Wildman–Crippen MR) is 114 cm³/mol. The third kappa shape index (κ3) is 5.54. The number of carbonyl (C=O) groups excluding carboxylic acids is 1. The highest BCUT2D eigenvalue weighted by Gasteiger charge is 2.42. The molecule has 1 aromatic carbocycles. The molecule has 0 saturated carbocycles. The molecule has 2 unspecified atom stereocenters. The zero-order valence-corrected chi connectivity index (χ0v) is 17.9. The van der Waals surface area contributed by atoms with Gasteiger partial charge in [-0.15, -0.1) is 24.0 Å². The van der Waals surface area contributed by atoms with Gasteiger partial charge in [-0.1, -0.05) is 12.1 Å². The van der Waals surface area contributed by atoms with E-state index < -0.39 is 0 Å². The van der Waals surface area contributed by atoms with Crippen LogP contribution in [0.15, 0.2) is 29.3 Å². The molecule has 2 aliphatic rings. The standard InChI is InChI=1S/C19H27FN4O2.HI/c1-22-18(24-8-6-19(12-24)7-9-26-13-19)23-11-15(17(21)25)10-14-2-4-16(20)5-3-14;/h2-5,15H,6-13H2,1H3,(H2,21,25)(H,22,23);1H. The monoisotopic (exact) mass is 490 g/mol. The molecule has 150 valence electrons. The van der Waals surface area contributed by atoms with Crippen molar-refractivity contribution in [2.45, 2.75) is 19.3 Å². The number of nitrogens with zero attached hydrogens (tertiary/aromatic N) is 2. The number of aliphatic imine (C=N–C) groups is 1. The molecule has 8 heteroatoms. The summed E-state index contributed by atoms with van der Waals surface area (Å²) in [7, 11) is 1.75. The van der Waals surface area contributed by atoms with E-state index >= 15 is 0 Å². The second-order valence-corrected chi connectivity index (χ2v) is 7.33. The van der Waals surface area contributed by atoms with E-state index in [9.17, 15) is 9.18 Å². The van der Waals surface area contributed by atoms with Gasteiger partial charge in [0.1, 0.15) is 5.82 Å². The summed E-state index contributed by atoms with van der Waals surface area (Å²) in [6, 6.07) is 6.16. The highest BCUT2D eigenvalue weighted by molar-refractivity contribution is 14.0. The van der Waals surface area contributed by atoms with E-state index in [0.717, 1.165) is 50.7 Å². The fourth-order valence-electron chi connectivity index (χ4n) is 3.81. The second kappa shape index (κ2) is 9.68. The molecule has 2 saturated heterocycles. The van der Waals surface area contributed by atoms with Crippen LogP contribution in [0.3, 0.4) is 0 Å². The summed E-state index contributed by atoms with van der Waals surface area (Å²) < 4.78 is 18.6. The van der Waals surface area contributed by atoms with Crippen LogP contribution in [0.5, 0.6) is 0 Å². The maximum atomic E-state index is 13.0. The van der Waals surface area contributed by atoms with Gasteiger partial charge in [-0.2, -0.15) is 0 Å². The minimum absolute atomic E-state index is 0. The van der Waals surface area contributed by atoms with Gasteiger partial charge >= 0.3 is 0 Å². The van der Waals surface area contributed by atoms with Gasteiger partial charge in [0.25, 0.3) is 0 Å². The number of carbonyl (C=O) groups is 1. The molecular weight excluding hydrogens is 462 g/mol. The number of ether oxygens (including phenoxy) is 1. The third-order valence-corrected chi connectivity index (χ3v) is 5.44. The lowest BCUT2D eigenvalue weighted by Gasteiger charge is -2.26. The smallest absolute Gasteiger partial charge is 0.222 e. The van der Waals surface area contributed by atoms with Crippen LogP contribution in [-0.4, -0.2) is 56.7 Å². The highest BCUT2D eigenvalue weighted by Crippen LogP contribution is 2.38. The summed E-state index contributed by atoms with van der Waals surface area (Å²) in [5.74, 6) is -0.260. The van der Waals surface area contributed by atoms with Crippen molar-refractivity contribution in [2.75, 3.05) is 39.9 Å². The minimum atomic E-state index is -0.386. The molecular formula is C19H28FIN4O2. The van der Waals surface area contributed by atoms with Gasteiger partial charge in [0.15, 0.2) is 5.96 Å². The first-order valence-electron chi connectivity index (χ1n) is 9.08. The number of hydrogen-bond acceptors (Lipinski definition) is 3. The van der Waals surface area contributed by atoms with Crippen LogP contribution >= 0.6 is 24.0 Å². The van der Waals surface area contributed by atoms with Crippen LogP contribution in [-0.2, 0) is 16.0 Å². The molecule has 3 rings (SSSR count). The zero-order valence-electron chi connectivity index (χ0n) is 15.6. The molecule has 0 aliphatic carbocycles. The van der Waals surface area contributed by atoms with Crippen molar-refractivity contribution >= 4 is 35.8 Å². The number of benzene rings is 1. The molecule has 2 heterocycles. The Hall–Kier alpha value is -1.42. The van der Waals surface area contributed by atoms with E-state index in [2.05, 4.69) is 15.2 Å². The fraction of sp³-hybridized carbons (Fsp3) is 0.579. The Kier molecular flexibility index (Phi) is 7.84. The Balaban J connectivity index is 0.00000261. The first-order chi connectivity index (χ1) is 12.5. The molecule has 0 bridgehead atoms. The number of primary amides is 1. The number of guanidine groups is 1. The van der Waals surface area contributed by atoms with Gasteiger partial charge in [-0.25, -0.2) is 4.39 Å². The number of likely N-dealkylation sites (tertiary alicyclic amines) is 1. The van der Waals surface area contributed by atoms with Crippen molar-refractivity contribution < 1.29 is 13.9 Å². The van der Waals surface area contributed by atoms with Gasteiger partial charge in [0.2, 0.25) is 5.91 Å². The molecule has 6 nitrogen and oxygen atoms in total. The van der Waals surface area contributed by atoms with Crippen molar-refractivity contribution in [3.63, 3.8) is 0 Å². The van der Waals surface area contributed by atoms with E-state index in [1.54, 1.807) is 19.2 Å². The number of hydrogen-bond donors (Lipinski definition) is 2. The summed E-state index contributed by atoms with van der Waals surface area (Å²) in [6.07, 6.45) is 2.66. The third-order valence-electron chi connectivity index (χ3n) is 5.44. The predicted octanol–water partition coefficient (Wildman–Crippen LogP) is 1.78. The van der Waals surface area contributed by atoms with Crippen molar-refractivity contribution in [1.82, 2.24) is 10.2 Å². The summed E-state index contributed by atoms with van der Waals surface area (Å²) >= 11 is 0. The Labute approximate surface area is 176 Å². The number of halogens is 2. The van der Waals surface area contributed by atoms with Crippen molar-refractivity contribution in [2.24, 2.45) is 22.1 Å². The van der Waals surface area contributed by atoms with Crippen LogP contribution < -0.4 is 11.1 Å². The molecule has 1 amide bonds. The van der Waals surface area contributed by atoms with Crippen LogP contribution in [0.25, 0.3) is 0 Å². The molecule has 2 aliphatic heterocycles. The lowest BCUT2D eigenvalue weighted by Crippen LogP contribution is -2.45. The van der Waals surface area contributed by atoms with Crippen molar-refractivity contribution in [3.05, 3.63) is 35.6 Å². The highest BCUT2D eigenvalue weighted by atomic mass is 127. The molecule has 2 fully saturated rings. The molecule has 1 spiro atoms. The Morgan fingerprint density at radius 1 is 1.41 bits per heavy atom. The quantitative estimate of drug-likeness (QED) is 0.375. The number of nitrogens with one attached hydrogen (secondary N) is 1. The minimum Gasteiger partial charge on any atom is -0.381 e. The Bertz CT molecular complexity index is 662. The maximum Gasteiger partial charge on any atom is 0.222 e. The van der Waals surface area contributed by atoms with E-state index in [4.69, 9.17) is 10.5 Å². The van der Waals surface area contributed by atoms with Crippen LogP contribution in [0.4, 0.5) is 4.39 Å². The Morgan fingerprint density at radius 3 is 2.74 bits per heavy atom. The molecule has 0 radical (unpaired) electrons. The van der Waals surface area contributed by atoms with Gasteiger partial charge < -0.3 is 20.7 Å². The number of rotatable bonds is 5. The number of nitrogens with two attached hydrogens (primary N) is 1. The van der Waals surface area contributed by atoms with Gasteiger partial charge in [0.05, 0.1) is 12.5 Å². The van der Waals surface area contributed by atoms with Crippen LogP contribution in [0, 0.1) is 17.2 Å². The van der Waals surface area contributed by atoms with Crippen molar-refractivity contribution in [1.29, 1.82) is 0 Å². The van der Waals surface area contributed by atoms with Gasteiger partial charge in [-0.3, -0.25) is 9.79 Å². The lowest BCUT2D eigenvalue weighted by atomic mass is 9.87.